The third kappa shape index (κ3) is 2.94. The Morgan fingerprint density at radius 3 is 2.60 bits per heavy atom. The van der Waals surface area contributed by atoms with Crippen LogP contribution < -0.4 is 0 Å². The lowest BCUT2D eigenvalue weighted by Gasteiger charge is -2.42. The Balaban J connectivity index is 2.37. The maximum absolute atomic E-state index is 6.72. The molecular weight excluding hydrogens is 336 g/mol. The summed E-state index contributed by atoms with van der Waals surface area (Å²) in [6, 6.07) is 0.367. The predicted octanol–water partition coefficient (Wildman–Crippen LogP) is 5.55. The Kier molecular flexibility index (Phi) is 4.91. The summed E-state index contributed by atoms with van der Waals surface area (Å²) in [6.45, 7) is 11.3. The van der Waals surface area contributed by atoms with Crippen molar-refractivity contribution in [1.82, 2.24) is 9.78 Å². The van der Waals surface area contributed by atoms with E-state index in [-0.39, 0.29) is 10.8 Å². The minimum Gasteiger partial charge on any atom is -0.265 e. The smallest absolute Gasteiger partial charge is 0.0635 e. The lowest BCUT2D eigenvalue weighted by atomic mass is 9.67. The molecule has 0 spiro atoms. The molecule has 2 nitrogen and oxygen atoms in total. The molecule has 0 aliphatic heterocycles. The number of rotatable bonds is 3. The van der Waals surface area contributed by atoms with Crippen LogP contribution in [0.3, 0.4) is 0 Å². The summed E-state index contributed by atoms with van der Waals surface area (Å²) in [5.41, 5.74) is 1.32. The lowest BCUT2D eigenvalue weighted by Crippen LogP contribution is -2.40. The second kappa shape index (κ2) is 6.00. The first-order valence-corrected chi connectivity index (χ1v) is 8.85. The molecule has 1 aromatic heterocycles. The van der Waals surface area contributed by atoms with Gasteiger partial charge in [0.15, 0.2) is 0 Å². The van der Waals surface area contributed by atoms with Crippen molar-refractivity contribution in [2.24, 2.45) is 11.8 Å². The molecule has 1 saturated carbocycles. The molecule has 0 saturated heterocycles. The molecule has 3 atom stereocenters. The van der Waals surface area contributed by atoms with Crippen LogP contribution in [0.2, 0.25) is 0 Å². The summed E-state index contributed by atoms with van der Waals surface area (Å²) >= 11 is 10.4. The zero-order chi connectivity index (χ0) is 15.1. The molecule has 0 bridgehead atoms. The molecule has 0 amide bonds. The van der Waals surface area contributed by atoms with Gasteiger partial charge >= 0.3 is 0 Å². The minimum absolute atomic E-state index is 0.0339. The second-order valence-corrected chi connectivity index (χ2v) is 8.56. The highest BCUT2D eigenvalue weighted by Crippen LogP contribution is 2.46. The van der Waals surface area contributed by atoms with Gasteiger partial charge in [0.05, 0.1) is 16.4 Å². The molecular formula is C16H26BrClN2. The van der Waals surface area contributed by atoms with E-state index in [1.807, 2.05) is 6.20 Å². The number of halogens is 2. The van der Waals surface area contributed by atoms with Crippen molar-refractivity contribution >= 4 is 27.5 Å². The molecule has 1 heterocycles. The summed E-state index contributed by atoms with van der Waals surface area (Å²) in [6.07, 6.45) is 5.54. The summed E-state index contributed by atoms with van der Waals surface area (Å²) in [4.78, 5) is 0. The van der Waals surface area contributed by atoms with Crippen LogP contribution in [0.25, 0.3) is 0 Å². The average molecular weight is 362 g/mol. The van der Waals surface area contributed by atoms with Gasteiger partial charge in [-0.25, -0.2) is 0 Å². The van der Waals surface area contributed by atoms with Gasteiger partial charge in [0, 0.05) is 16.8 Å². The topological polar surface area (TPSA) is 17.8 Å². The van der Waals surface area contributed by atoms with E-state index in [0.29, 0.717) is 12.0 Å². The fourth-order valence-electron chi connectivity index (χ4n) is 3.64. The fraction of sp³-hybridized carbons (Fsp3) is 0.812. The van der Waals surface area contributed by atoms with E-state index in [2.05, 4.69) is 60.3 Å². The van der Waals surface area contributed by atoms with Gasteiger partial charge in [-0.3, -0.25) is 4.68 Å². The Bertz CT molecular complexity index is 467. The normalized spacial score (nSPS) is 28.1. The maximum Gasteiger partial charge on any atom is 0.0635 e. The highest BCUT2D eigenvalue weighted by atomic mass is 79.9. The number of aromatic nitrogens is 2. The SMILES string of the molecule is CC1CCC(C(C)(C)c2c(Br)cnn2C(C)C)C(Cl)C1. The monoisotopic (exact) mass is 360 g/mol. The summed E-state index contributed by atoms with van der Waals surface area (Å²) < 4.78 is 3.25. The molecule has 0 aromatic carbocycles. The highest BCUT2D eigenvalue weighted by Gasteiger charge is 2.42. The fourth-order valence-corrected chi connectivity index (χ4v) is 5.17. The molecule has 0 radical (unpaired) electrons. The van der Waals surface area contributed by atoms with Crippen molar-refractivity contribution in [2.45, 2.75) is 70.7 Å². The van der Waals surface area contributed by atoms with Crippen LogP contribution in [0.5, 0.6) is 0 Å². The van der Waals surface area contributed by atoms with E-state index in [9.17, 15) is 0 Å². The highest BCUT2D eigenvalue weighted by molar-refractivity contribution is 9.10. The van der Waals surface area contributed by atoms with Crippen LogP contribution in [-0.2, 0) is 5.41 Å². The van der Waals surface area contributed by atoms with Crippen molar-refractivity contribution in [3.8, 4) is 0 Å². The van der Waals surface area contributed by atoms with Crippen molar-refractivity contribution in [2.75, 3.05) is 0 Å². The van der Waals surface area contributed by atoms with Gasteiger partial charge in [-0.05, 0) is 54.5 Å². The first kappa shape index (κ1) is 16.4. The van der Waals surface area contributed by atoms with Gasteiger partial charge < -0.3 is 0 Å². The van der Waals surface area contributed by atoms with Crippen LogP contribution in [-0.4, -0.2) is 15.2 Å². The van der Waals surface area contributed by atoms with Gasteiger partial charge in [-0.1, -0.05) is 27.2 Å². The van der Waals surface area contributed by atoms with Crippen molar-refractivity contribution < 1.29 is 0 Å². The number of hydrogen-bond donors (Lipinski definition) is 0. The third-order valence-corrected chi connectivity index (χ3v) is 5.87. The van der Waals surface area contributed by atoms with Crippen LogP contribution in [0.1, 0.15) is 65.6 Å². The molecule has 1 aliphatic carbocycles. The molecule has 4 heteroatoms. The quantitative estimate of drug-likeness (QED) is 0.645. The molecule has 3 unspecified atom stereocenters. The molecule has 2 rings (SSSR count). The van der Waals surface area contributed by atoms with Gasteiger partial charge in [-0.15, -0.1) is 11.6 Å². The van der Waals surface area contributed by atoms with Crippen LogP contribution in [0.4, 0.5) is 0 Å². The Morgan fingerprint density at radius 1 is 1.40 bits per heavy atom. The molecule has 1 aromatic rings. The van der Waals surface area contributed by atoms with E-state index in [4.69, 9.17) is 11.6 Å². The van der Waals surface area contributed by atoms with E-state index < -0.39 is 0 Å². The first-order valence-electron chi connectivity index (χ1n) is 7.62. The molecule has 0 N–H and O–H groups in total. The Morgan fingerprint density at radius 2 is 2.05 bits per heavy atom. The minimum atomic E-state index is 0.0339. The number of alkyl halides is 1. The standard InChI is InChI=1S/C16H26BrClN2/c1-10(2)20-15(13(17)9-19-20)16(4,5)12-7-6-11(3)8-14(12)18/h9-12,14H,6-8H2,1-5H3. The van der Waals surface area contributed by atoms with Crippen LogP contribution >= 0.6 is 27.5 Å². The van der Waals surface area contributed by atoms with Gasteiger partial charge in [0.25, 0.3) is 0 Å². The van der Waals surface area contributed by atoms with E-state index >= 15 is 0 Å². The summed E-state index contributed by atoms with van der Waals surface area (Å²) in [5, 5.41) is 4.80. The van der Waals surface area contributed by atoms with Crippen molar-refractivity contribution in [1.29, 1.82) is 0 Å². The van der Waals surface area contributed by atoms with Gasteiger partial charge in [0.2, 0.25) is 0 Å². The zero-order valence-corrected chi connectivity index (χ0v) is 15.5. The summed E-state index contributed by atoms with van der Waals surface area (Å²) in [5.74, 6) is 1.26. The zero-order valence-electron chi connectivity index (χ0n) is 13.2. The van der Waals surface area contributed by atoms with Gasteiger partial charge in [0.1, 0.15) is 0 Å². The first-order chi connectivity index (χ1) is 9.25. The number of hydrogen-bond acceptors (Lipinski definition) is 1. The molecule has 1 aliphatic rings. The second-order valence-electron chi connectivity index (χ2n) is 7.14. The van der Waals surface area contributed by atoms with Crippen LogP contribution in [0.15, 0.2) is 10.7 Å². The van der Waals surface area contributed by atoms with E-state index in [0.717, 1.165) is 16.8 Å². The van der Waals surface area contributed by atoms with Crippen molar-refractivity contribution in [3.05, 3.63) is 16.4 Å². The largest absolute Gasteiger partial charge is 0.265 e. The number of nitrogens with zero attached hydrogens (tertiary/aromatic N) is 2. The molecule has 114 valence electrons. The van der Waals surface area contributed by atoms with E-state index in [1.165, 1.54) is 18.5 Å². The molecule has 1 fully saturated rings. The predicted molar refractivity (Wildman–Crippen MR) is 89.5 cm³/mol. The van der Waals surface area contributed by atoms with Crippen LogP contribution in [0, 0.1) is 11.8 Å². The molecule has 20 heavy (non-hydrogen) atoms. The Labute approximate surface area is 136 Å². The maximum atomic E-state index is 6.72. The van der Waals surface area contributed by atoms with Crippen molar-refractivity contribution in [3.63, 3.8) is 0 Å². The van der Waals surface area contributed by atoms with Gasteiger partial charge in [-0.2, -0.15) is 5.10 Å². The van der Waals surface area contributed by atoms with E-state index in [1.54, 1.807) is 0 Å². The third-order valence-electron chi connectivity index (χ3n) is 4.81. The average Bonchev–Trinajstić information content (AvgIpc) is 2.71. The lowest BCUT2D eigenvalue weighted by molar-refractivity contribution is 0.196. The summed E-state index contributed by atoms with van der Waals surface area (Å²) in [7, 11) is 0. The Hall–Kier alpha value is -0.0200.